The van der Waals surface area contributed by atoms with Crippen LogP contribution in [0.4, 0.5) is 0 Å². The van der Waals surface area contributed by atoms with Gasteiger partial charge < -0.3 is 18.9 Å². The van der Waals surface area contributed by atoms with Crippen molar-refractivity contribution in [2.24, 2.45) is 0 Å². The molecule has 120 valence electrons. The first-order chi connectivity index (χ1) is 10.5. The van der Waals surface area contributed by atoms with E-state index in [1.165, 1.54) is 7.11 Å². The maximum absolute atomic E-state index is 11.8. The highest BCUT2D eigenvalue weighted by molar-refractivity contribution is 5.86. The summed E-state index contributed by atoms with van der Waals surface area (Å²) in [6, 6.07) is 6.62. The Morgan fingerprint density at radius 1 is 1.14 bits per heavy atom. The van der Waals surface area contributed by atoms with E-state index in [2.05, 4.69) is 6.58 Å². The molecule has 0 aliphatic rings. The first-order valence-corrected chi connectivity index (χ1v) is 6.66. The number of hydrogen-bond donors (Lipinski definition) is 0. The minimum Gasteiger partial charge on any atom is -0.497 e. The van der Waals surface area contributed by atoms with Crippen LogP contribution in [0.2, 0.25) is 0 Å². The van der Waals surface area contributed by atoms with Crippen LogP contribution in [0.5, 0.6) is 11.5 Å². The number of benzene rings is 1. The summed E-state index contributed by atoms with van der Waals surface area (Å²) in [6.45, 7) is 4.97. The van der Waals surface area contributed by atoms with E-state index in [1.807, 2.05) is 0 Å². The first-order valence-electron chi connectivity index (χ1n) is 6.66. The van der Waals surface area contributed by atoms with Crippen LogP contribution in [0.1, 0.15) is 13.3 Å². The Balaban J connectivity index is 2.46. The molecule has 0 aliphatic carbocycles. The summed E-state index contributed by atoms with van der Waals surface area (Å²) in [4.78, 5) is 23.1. The van der Waals surface area contributed by atoms with Crippen LogP contribution >= 0.6 is 0 Å². The molecule has 0 bridgehead atoms. The van der Waals surface area contributed by atoms with Crippen molar-refractivity contribution in [3.63, 3.8) is 0 Å². The van der Waals surface area contributed by atoms with E-state index < -0.39 is 18.0 Å². The summed E-state index contributed by atoms with van der Waals surface area (Å²) in [5.41, 5.74) is 0.288. The Labute approximate surface area is 129 Å². The van der Waals surface area contributed by atoms with E-state index in [-0.39, 0.29) is 18.6 Å². The van der Waals surface area contributed by atoms with Gasteiger partial charge in [0.2, 0.25) is 0 Å². The molecule has 0 N–H and O–H groups in total. The molecule has 0 fully saturated rings. The lowest BCUT2D eigenvalue weighted by Gasteiger charge is -2.15. The highest BCUT2D eigenvalue weighted by atomic mass is 16.6. The lowest BCUT2D eigenvalue weighted by molar-refractivity contribution is -0.146. The summed E-state index contributed by atoms with van der Waals surface area (Å²) < 4.78 is 20.2. The molecule has 1 atom stereocenters. The van der Waals surface area contributed by atoms with E-state index in [0.717, 1.165) is 0 Å². The van der Waals surface area contributed by atoms with Crippen LogP contribution < -0.4 is 9.47 Å². The summed E-state index contributed by atoms with van der Waals surface area (Å²) in [7, 11) is 2.98. The molecule has 22 heavy (non-hydrogen) atoms. The summed E-state index contributed by atoms with van der Waals surface area (Å²) >= 11 is 0. The molecule has 6 nitrogen and oxygen atoms in total. The molecule has 6 heteroatoms. The van der Waals surface area contributed by atoms with Crippen molar-refractivity contribution in [1.29, 1.82) is 0 Å². The van der Waals surface area contributed by atoms with E-state index in [0.29, 0.717) is 11.5 Å². The minimum atomic E-state index is -0.575. The average Bonchev–Trinajstić information content (AvgIpc) is 2.51. The predicted molar refractivity (Wildman–Crippen MR) is 79.8 cm³/mol. The monoisotopic (exact) mass is 308 g/mol. The number of carbonyl (C=O) groups is 2. The van der Waals surface area contributed by atoms with E-state index >= 15 is 0 Å². The highest BCUT2D eigenvalue weighted by Gasteiger charge is 2.17. The third-order valence-corrected chi connectivity index (χ3v) is 2.77. The number of hydrogen-bond acceptors (Lipinski definition) is 6. The standard InChI is InChI=1S/C16H20O6/c1-11(2)16(18)21-10-14(20-4)9-15(17)22-13-7-5-12(19-3)6-8-13/h5-8,14H,1,9-10H2,2-4H3. The number of methoxy groups -OCH3 is 2. The Morgan fingerprint density at radius 3 is 2.23 bits per heavy atom. The third-order valence-electron chi connectivity index (χ3n) is 2.77. The van der Waals surface area contributed by atoms with Gasteiger partial charge in [0, 0.05) is 12.7 Å². The number of rotatable bonds is 8. The van der Waals surface area contributed by atoms with E-state index in [1.54, 1.807) is 38.3 Å². The molecule has 0 aromatic heterocycles. The highest BCUT2D eigenvalue weighted by Crippen LogP contribution is 2.17. The van der Waals surface area contributed by atoms with Crippen LogP contribution in [-0.4, -0.2) is 38.9 Å². The van der Waals surface area contributed by atoms with E-state index in [4.69, 9.17) is 18.9 Å². The zero-order valence-corrected chi connectivity index (χ0v) is 13.0. The van der Waals surface area contributed by atoms with Crippen molar-refractivity contribution in [3.8, 4) is 11.5 Å². The van der Waals surface area contributed by atoms with Gasteiger partial charge in [-0.25, -0.2) is 4.79 Å². The number of ether oxygens (including phenoxy) is 4. The maximum Gasteiger partial charge on any atom is 0.333 e. The molecule has 0 saturated carbocycles. The summed E-state index contributed by atoms with van der Waals surface area (Å²) in [5.74, 6) is 0.0646. The Kier molecular flexibility index (Phi) is 7.12. The average molecular weight is 308 g/mol. The molecule has 1 aromatic rings. The van der Waals surface area contributed by atoms with Gasteiger partial charge in [0.25, 0.3) is 0 Å². The smallest absolute Gasteiger partial charge is 0.333 e. The first kappa shape index (κ1) is 17.7. The van der Waals surface area contributed by atoms with Crippen LogP contribution in [-0.2, 0) is 19.1 Å². The van der Waals surface area contributed by atoms with Crippen LogP contribution in [0.25, 0.3) is 0 Å². The van der Waals surface area contributed by atoms with Gasteiger partial charge >= 0.3 is 11.9 Å². The van der Waals surface area contributed by atoms with Crippen LogP contribution in [0, 0.1) is 0 Å². The fourth-order valence-electron chi connectivity index (χ4n) is 1.50. The molecule has 1 unspecified atom stereocenters. The molecule has 1 rings (SSSR count). The largest absolute Gasteiger partial charge is 0.497 e. The second-order valence-electron chi connectivity index (χ2n) is 4.59. The Hall–Kier alpha value is -2.34. The van der Waals surface area contributed by atoms with Crippen LogP contribution in [0.15, 0.2) is 36.4 Å². The second-order valence-corrected chi connectivity index (χ2v) is 4.59. The van der Waals surface area contributed by atoms with E-state index in [9.17, 15) is 9.59 Å². The van der Waals surface area contributed by atoms with Crippen molar-refractivity contribution in [3.05, 3.63) is 36.4 Å². The molecule has 0 aliphatic heterocycles. The Morgan fingerprint density at radius 2 is 1.73 bits per heavy atom. The molecule has 0 amide bonds. The topological polar surface area (TPSA) is 71.1 Å². The van der Waals surface area contributed by atoms with Gasteiger partial charge in [0.1, 0.15) is 24.2 Å². The summed E-state index contributed by atoms with van der Waals surface area (Å²) in [6.07, 6.45) is -0.611. The van der Waals surface area contributed by atoms with Gasteiger partial charge in [-0.1, -0.05) is 6.58 Å². The zero-order valence-electron chi connectivity index (χ0n) is 13.0. The summed E-state index contributed by atoms with van der Waals surface area (Å²) in [5, 5.41) is 0. The van der Waals surface area contributed by atoms with Crippen molar-refractivity contribution < 1.29 is 28.5 Å². The van der Waals surface area contributed by atoms with Gasteiger partial charge in [-0.3, -0.25) is 4.79 Å². The Bertz CT molecular complexity index is 520. The number of esters is 2. The lowest BCUT2D eigenvalue weighted by atomic mass is 10.2. The van der Waals surface area contributed by atoms with Crippen molar-refractivity contribution in [2.75, 3.05) is 20.8 Å². The normalized spacial score (nSPS) is 11.4. The quantitative estimate of drug-likeness (QED) is 0.416. The number of carbonyl (C=O) groups excluding carboxylic acids is 2. The second kappa shape index (κ2) is 8.84. The molecule has 0 saturated heterocycles. The zero-order chi connectivity index (χ0) is 16.5. The SMILES string of the molecule is C=C(C)C(=O)OCC(CC(=O)Oc1ccc(OC)cc1)OC. The lowest BCUT2D eigenvalue weighted by Crippen LogP contribution is -2.26. The van der Waals surface area contributed by atoms with Crippen LogP contribution in [0.3, 0.4) is 0 Å². The molecular weight excluding hydrogens is 288 g/mol. The molecule has 0 spiro atoms. The predicted octanol–water partition coefficient (Wildman–Crippen LogP) is 2.12. The molecule has 1 aromatic carbocycles. The minimum absolute atomic E-state index is 0.0357. The fourth-order valence-corrected chi connectivity index (χ4v) is 1.50. The molecule has 0 radical (unpaired) electrons. The van der Waals surface area contributed by atoms with Gasteiger partial charge in [0.15, 0.2) is 0 Å². The van der Waals surface area contributed by atoms with Gasteiger partial charge in [0.05, 0.1) is 13.5 Å². The van der Waals surface area contributed by atoms with Crippen molar-refractivity contribution in [1.82, 2.24) is 0 Å². The van der Waals surface area contributed by atoms with Gasteiger partial charge in [-0.05, 0) is 31.2 Å². The molecular formula is C16H20O6. The van der Waals surface area contributed by atoms with Gasteiger partial charge in [-0.2, -0.15) is 0 Å². The van der Waals surface area contributed by atoms with Crippen molar-refractivity contribution >= 4 is 11.9 Å². The van der Waals surface area contributed by atoms with Gasteiger partial charge in [-0.15, -0.1) is 0 Å². The van der Waals surface area contributed by atoms with Crippen molar-refractivity contribution in [2.45, 2.75) is 19.4 Å². The fraction of sp³-hybridized carbons (Fsp3) is 0.375. The maximum atomic E-state index is 11.8. The third kappa shape index (κ3) is 5.97. The molecule has 0 heterocycles.